The summed E-state index contributed by atoms with van der Waals surface area (Å²) < 4.78 is 27.0. The number of hydrazone groups is 1. The zero-order valence-corrected chi connectivity index (χ0v) is 15.6. The van der Waals surface area contributed by atoms with Crippen LogP contribution >= 0.6 is 0 Å². The SMILES string of the molecule is CCN(CC)S(=O)(=O)c1cc([N+](=O)[O-])ccc1N/N=C(\C)c1ccc[nH]1. The number of hydrogen-bond acceptors (Lipinski definition) is 6. The van der Waals surface area contributed by atoms with E-state index in [2.05, 4.69) is 15.5 Å². The van der Waals surface area contributed by atoms with Crippen LogP contribution in [0.4, 0.5) is 11.4 Å². The second-order valence-corrected chi connectivity index (χ2v) is 7.33. The third-order valence-corrected chi connectivity index (χ3v) is 5.92. The Kier molecular flexibility index (Phi) is 6.11. The molecule has 0 fully saturated rings. The Morgan fingerprint density at radius 1 is 1.31 bits per heavy atom. The number of sulfonamides is 1. The van der Waals surface area contributed by atoms with Crippen molar-refractivity contribution in [2.75, 3.05) is 18.5 Å². The van der Waals surface area contributed by atoms with Gasteiger partial charge >= 0.3 is 0 Å². The Balaban J connectivity index is 2.49. The number of non-ortho nitro benzene ring substituents is 1. The molecule has 0 saturated carbocycles. The van der Waals surface area contributed by atoms with E-state index in [1.165, 1.54) is 16.4 Å². The number of rotatable bonds is 8. The fraction of sp³-hybridized carbons (Fsp3) is 0.312. The van der Waals surface area contributed by atoms with E-state index in [0.29, 0.717) is 5.71 Å². The third kappa shape index (κ3) is 4.09. The van der Waals surface area contributed by atoms with Crippen molar-refractivity contribution >= 4 is 27.1 Å². The highest BCUT2D eigenvalue weighted by Crippen LogP contribution is 2.29. The van der Waals surface area contributed by atoms with Gasteiger partial charge in [-0.25, -0.2) is 8.42 Å². The molecule has 0 radical (unpaired) electrons. The standard InChI is InChI=1S/C16H21N5O4S/c1-4-20(5-2)26(24,25)16-11-13(21(22)23)8-9-15(16)19-18-12(3)14-7-6-10-17-14/h6-11,17,19H,4-5H2,1-3H3/b18-12+. The Hall–Kier alpha value is -2.72. The van der Waals surface area contributed by atoms with Crippen LogP contribution in [0.25, 0.3) is 0 Å². The number of aromatic amines is 1. The van der Waals surface area contributed by atoms with E-state index in [1.807, 2.05) is 12.1 Å². The van der Waals surface area contributed by atoms with Gasteiger partial charge in [-0.05, 0) is 25.1 Å². The van der Waals surface area contributed by atoms with Gasteiger partial charge in [0.2, 0.25) is 10.0 Å². The molecule has 0 amide bonds. The quantitative estimate of drug-likeness (QED) is 0.415. The largest absolute Gasteiger partial charge is 0.360 e. The number of nitro benzene ring substituents is 1. The van der Waals surface area contributed by atoms with Crippen LogP contribution in [-0.4, -0.2) is 41.4 Å². The summed E-state index contributed by atoms with van der Waals surface area (Å²) in [4.78, 5) is 13.3. The van der Waals surface area contributed by atoms with E-state index in [4.69, 9.17) is 0 Å². The van der Waals surface area contributed by atoms with E-state index < -0.39 is 14.9 Å². The molecule has 2 N–H and O–H groups in total. The molecule has 1 aromatic carbocycles. The summed E-state index contributed by atoms with van der Waals surface area (Å²) in [6.07, 6.45) is 1.75. The van der Waals surface area contributed by atoms with Gasteiger partial charge in [-0.15, -0.1) is 0 Å². The lowest BCUT2D eigenvalue weighted by molar-refractivity contribution is -0.385. The first-order valence-corrected chi connectivity index (χ1v) is 9.47. The first-order valence-electron chi connectivity index (χ1n) is 8.03. The molecule has 140 valence electrons. The molecule has 2 aromatic rings. The number of benzene rings is 1. The fourth-order valence-electron chi connectivity index (χ4n) is 2.39. The number of nitrogens with one attached hydrogen (secondary N) is 2. The van der Waals surface area contributed by atoms with Crippen LogP contribution in [0.3, 0.4) is 0 Å². The van der Waals surface area contributed by atoms with Gasteiger partial charge in [-0.3, -0.25) is 15.5 Å². The van der Waals surface area contributed by atoms with Gasteiger partial charge in [0.15, 0.2) is 0 Å². The van der Waals surface area contributed by atoms with Crippen molar-refractivity contribution in [1.82, 2.24) is 9.29 Å². The second-order valence-electron chi connectivity index (χ2n) is 5.42. The average Bonchev–Trinajstić information content (AvgIpc) is 3.15. The van der Waals surface area contributed by atoms with Crippen LogP contribution < -0.4 is 5.43 Å². The lowest BCUT2D eigenvalue weighted by Crippen LogP contribution is -2.31. The molecule has 0 unspecified atom stereocenters. The van der Waals surface area contributed by atoms with Gasteiger partial charge in [-0.1, -0.05) is 13.8 Å². The maximum atomic E-state index is 12.9. The molecule has 0 aliphatic rings. The van der Waals surface area contributed by atoms with Crippen molar-refractivity contribution in [3.8, 4) is 0 Å². The summed E-state index contributed by atoms with van der Waals surface area (Å²) in [7, 11) is -3.90. The Bertz CT molecular complexity index is 903. The van der Waals surface area contributed by atoms with E-state index in [0.717, 1.165) is 11.8 Å². The summed E-state index contributed by atoms with van der Waals surface area (Å²) >= 11 is 0. The molecule has 9 nitrogen and oxygen atoms in total. The van der Waals surface area contributed by atoms with Crippen LogP contribution in [0.1, 0.15) is 26.5 Å². The molecule has 10 heteroatoms. The van der Waals surface area contributed by atoms with Crippen molar-refractivity contribution in [2.24, 2.45) is 5.10 Å². The number of aromatic nitrogens is 1. The maximum Gasteiger partial charge on any atom is 0.270 e. The minimum Gasteiger partial charge on any atom is -0.360 e. The van der Waals surface area contributed by atoms with Crippen LogP contribution in [0.15, 0.2) is 46.5 Å². The zero-order valence-electron chi connectivity index (χ0n) is 14.8. The smallest absolute Gasteiger partial charge is 0.270 e. The topological polar surface area (TPSA) is 121 Å². The van der Waals surface area contributed by atoms with Gasteiger partial charge in [0.1, 0.15) is 4.90 Å². The van der Waals surface area contributed by atoms with Crippen molar-refractivity contribution in [3.63, 3.8) is 0 Å². The molecule has 1 heterocycles. The molecule has 0 aliphatic heterocycles. The number of nitrogens with zero attached hydrogens (tertiary/aromatic N) is 3. The number of H-pyrrole nitrogens is 1. The first kappa shape index (κ1) is 19.6. The highest BCUT2D eigenvalue weighted by Gasteiger charge is 2.27. The maximum absolute atomic E-state index is 12.9. The van der Waals surface area contributed by atoms with E-state index >= 15 is 0 Å². The van der Waals surface area contributed by atoms with Crippen molar-refractivity contribution < 1.29 is 13.3 Å². The molecule has 2 rings (SSSR count). The van der Waals surface area contributed by atoms with E-state index in [1.54, 1.807) is 27.0 Å². The Morgan fingerprint density at radius 2 is 2.00 bits per heavy atom. The van der Waals surface area contributed by atoms with Crippen LogP contribution in [0.2, 0.25) is 0 Å². The normalized spacial score (nSPS) is 12.4. The number of nitro groups is 1. The summed E-state index contributed by atoms with van der Waals surface area (Å²) in [6, 6.07) is 7.28. The third-order valence-electron chi connectivity index (χ3n) is 3.83. The summed E-state index contributed by atoms with van der Waals surface area (Å²) in [6.45, 7) is 5.68. The van der Waals surface area contributed by atoms with Gasteiger partial charge < -0.3 is 4.98 Å². The lowest BCUT2D eigenvalue weighted by Gasteiger charge is -2.20. The first-order chi connectivity index (χ1) is 12.3. The number of hydrogen-bond donors (Lipinski definition) is 2. The summed E-state index contributed by atoms with van der Waals surface area (Å²) in [5, 5.41) is 15.2. The Morgan fingerprint density at radius 3 is 2.54 bits per heavy atom. The molecular weight excluding hydrogens is 358 g/mol. The Labute approximate surface area is 151 Å². The number of anilines is 1. The molecule has 1 aromatic heterocycles. The summed E-state index contributed by atoms with van der Waals surface area (Å²) in [5.41, 5.74) is 3.97. The predicted octanol–water partition coefficient (Wildman–Crippen LogP) is 2.79. The van der Waals surface area contributed by atoms with Gasteiger partial charge in [-0.2, -0.15) is 9.41 Å². The summed E-state index contributed by atoms with van der Waals surface area (Å²) in [5.74, 6) is 0. The second kappa shape index (κ2) is 8.11. The minimum atomic E-state index is -3.90. The molecule has 0 bridgehead atoms. The minimum absolute atomic E-state index is 0.174. The zero-order chi connectivity index (χ0) is 19.3. The van der Waals surface area contributed by atoms with Crippen LogP contribution in [0.5, 0.6) is 0 Å². The lowest BCUT2D eigenvalue weighted by atomic mass is 10.3. The highest BCUT2D eigenvalue weighted by molar-refractivity contribution is 7.89. The van der Waals surface area contributed by atoms with Crippen molar-refractivity contribution in [3.05, 3.63) is 52.3 Å². The fourth-order valence-corrected chi connectivity index (χ4v) is 4.01. The van der Waals surface area contributed by atoms with Crippen molar-refractivity contribution in [1.29, 1.82) is 0 Å². The molecule has 0 aliphatic carbocycles. The van der Waals surface area contributed by atoms with E-state index in [-0.39, 0.29) is 29.4 Å². The van der Waals surface area contributed by atoms with E-state index in [9.17, 15) is 18.5 Å². The predicted molar refractivity (Wildman–Crippen MR) is 99.8 cm³/mol. The van der Waals surface area contributed by atoms with Crippen LogP contribution in [0, 0.1) is 10.1 Å². The average molecular weight is 379 g/mol. The monoisotopic (exact) mass is 379 g/mol. The molecule has 26 heavy (non-hydrogen) atoms. The van der Waals surface area contributed by atoms with Crippen LogP contribution in [-0.2, 0) is 10.0 Å². The highest BCUT2D eigenvalue weighted by atomic mass is 32.2. The molecular formula is C16H21N5O4S. The van der Waals surface area contributed by atoms with Gasteiger partial charge in [0.05, 0.1) is 22.0 Å². The molecule has 0 spiro atoms. The van der Waals surface area contributed by atoms with Crippen molar-refractivity contribution in [2.45, 2.75) is 25.7 Å². The molecule has 0 atom stereocenters. The van der Waals surface area contributed by atoms with Gasteiger partial charge in [0, 0.05) is 31.4 Å². The van der Waals surface area contributed by atoms with Gasteiger partial charge in [0.25, 0.3) is 5.69 Å². The molecule has 0 saturated heterocycles.